The van der Waals surface area contributed by atoms with Crippen molar-refractivity contribution in [1.82, 2.24) is 0 Å². The Bertz CT molecular complexity index is 888. The first-order chi connectivity index (χ1) is 12.4. The summed E-state index contributed by atoms with van der Waals surface area (Å²) in [5, 5.41) is 2.47. The first-order valence-electron chi connectivity index (χ1n) is 7.73. The van der Waals surface area contributed by atoms with Crippen LogP contribution in [0.2, 0.25) is 5.02 Å². The second-order valence-corrected chi connectivity index (χ2v) is 6.08. The van der Waals surface area contributed by atoms with Crippen LogP contribution in [-0.4, -0.2) is 19.2 Å². The summed E-state index contributed by atoms with van der Waals surface area (Å²) in [7, 11) is 1.16. The van der Waals surface area contributed by atoms with E-state index in [0.717, 1.165) is 19.2 Å². The zero-order valence-electron chi connectivity index (χ0n) is 13.6. The number of benzene rings is 2. The van der Waals surface area contributed by atoms with Gasteiger partial charge in [0.1, 0.15) is 17.7 Å². The van der Waals surface area contributed by atoms with Crippen molar-refractivity contribution in [2.75, 3.05) is 12.4 Å². The molecule has 0 spiro atoms. The Labute approximate surface area is 152 Å². The molecule has 1 aliphatic carbocycles. The van der Waals surface area contributed by atoms with Gasteiger partial charge in [0.15, 0.2) is 0 Å². The molecule has 5 nitrogen and oxygen atoms in total. The summed E-state index contributed by atoms with van der Waals surface area (Å²) in [5.41, 5.74) is 1.18. The van der Waals surface area contributed by atoms with Crippen molar-refractivity contribution in [3.8, 4) is 0 Å². The Morgan fingerprint density at radius 1 is 1.19 bits per heavy atom. The van der Waals surface area contributed by atoms with Gasteiger partial charge in [-0.15, -0.1) is 0 Å². The number of carbonyl (C=O) groups is 2. The highest BCUT2D eigenvalue weighted by Crippen LogP contribution is 2.38. The maximum absolute atomic E-state index is 14.2. The third-order valence-corrected chi connectivity index (χ3v) is 4.40. The lowest BCUT2D eigenvalue weighted by molar-refractivity contribution is 0.0359. The van der Waals surface area contributed by atoms with Gasteiger partial charge in [0.2, 0.25) is 0 Å². The molecule has 0 saturated carbocycles. The summed E-state index contributed by atoms with van der Waals surface area (Å²) in [5.74, 6) is -1.66. The zero-order chi connectivity index (χ0) is 18.8. The van der Waals surface area contributed by atoms with Crippen LogP contribution in [0.1, 0.15) is 34.0 Å². The van der Waals surface area contributed by atoms with Gasteiger partial charge in [-0.2, -0.15) is 0 Å². The van der Waals surface area contributed by atoms with E-state index in [1.54, 1.807) is 0 Å². The predicted molar refractivity (Wildman–Crippen MR) is 90.3 cm³/mol. The fourth-order valence-corrected chi connectivity index (χ4v) is 3.12. The largest absolute Gasteiger partial charge is 0.508 e. The van der Waals surface area contributed by atoms with Gasteiger partial charge in [0, 0.05) is 16.8 Å². The van der Waals surface area contributed by atoms with E-state index in [-0.39, 0.29) is 16.1 Å². The molecule has 2 aromatic carbocycles. The molecule has 1 amide bonds. The van der Waals surface area contributed by atoms with E-state index in [1.807, 2.05) is 0 Å². The number of fused-ring (bicyclic) bond motifs is 1. The van der Waals surface area contributed by atoms with Gasteiger partial charge in [-0.3, -0.25) is 4.79 Å². The molecule has 1 atom stereocenters. The molecule has 0 heterocycles. The number of hydrogen-bond donors (Lipinski definition) is 1. The van der Waals surface area contributed by atoms with E-state index in [4.69, 9.17) is 16.3 Å². The summed E-state index contributed by atoms with van der Waals surface area (Å²) in [6.07, 6.45) is -1.03. The molecule has 0 radical (unpaired) electrons. The number of halogens is 3. The average Bonchev–Trinajstić information content (AvgIpc) is 3.02. The van der Waals surface area contributed by atoms with E-state index in [0.29, 0.717) is 24.1 Å². The monoisotopic (exact) mass is 381 g/mol. The Hall–Kier alpha value is -2.67. The molecule has 0 aliphatic heterocycles. The van der Waals surface area contributed by atoms with Gasteiger partial charge in [0.05, 0.1) is 12.1 Å². The van der Waals surface area contributed by atoms with E-state index >= 15 is 0 Å². The number of amides is 1. The average molecular weight is 382 g/mol. The maximum Gasteiger partial charge on any atom is 0.508 e. The van der Waals surface area contributed by atoms with Crippen LogP contribution in [0, 0.1) is 11.6 Å². The highest BCUT2D eigenvalue weighted by Gasteiger charge is 2.32. The molecule has 0 bridgehead atoms. The van der Waals surface area contributed by atoms with Crippen LogP contribution in [0.15, 0.2) is 30.3 Å². The molecule has 136 valence electrons. The number of ether oxygens (including phenoxy) is 2. The molecule has 26 heavy (non-hydrogen) atoms. The fraction of sp³-hybridized carbons (Fsp3) is 0.222. The lowest BCUT2D eigenvalue weighted by atomic mass is 10.0. The minimum Gasteiger partial charge on any atom is -0.438 e. The van der Waals surface area contributed by atoms with Crippen molar-refractivity contribution in [1.29, 1.82) is 0 Å². The Kier molecular flexibility index (Phi) is 5.08. The number of nitrogens with one attached hydrogen (secondary N) is 1. The van der Waals surface area contributed by atoms with Crippen LogP contribution < -0.4 is 5.32 Å². The molecule has 2 aromatic rings. The number of rotatable bonds is 3. The molecule has 1 N–H and O–H groups in total. The number of methoxy groups -OCH3 is 1. The van der Waals surface area contributed by atoms with Gasteiger partial charge in [-0.1, -0.05) is 11.6 Å². The molecule has 3 rings (SSSR count). The molecule has 0 saturated heterocycles. The van der Waals surface area contributed by atoms with Crippen LogP contribution in [0.5, 0.6) is 0 Å². The molecule has 8 heteroatoms. The SMILES string of the molecule is COC(=O)O[C@H]1CCc2c(C(=O)Nc3ccc(F)c(Cl)c3)ccc(F)c21. The van der Waals surface area contributed by atoms with Gasteiger partial charge < -0.3 is 14.8 Å². The first-order valence-corrected chi connectivity index (χ1v) is 8.10. The van der Waals surface area contributed by atoms with Gasteiger partial charge in [0.25, 0.3) is 5.91 Å². The smallest absolute Gasteiger partial charge is 0.438 e. The van der Waals surface area contributed by atoms with Crippen LogP contribution in [0.4, 0.5) is 19.3 Å². The summed E-state index contributed by atoms with van der Waals surface area (Å²) >= 11 is 5.70. The van der Waals surface area contributed by atoms with Gasteiger partial charge in [-0.05, 0) is 48.7 Å². The van der Waals surface area contributed by atoms with Crippen molar-refractivity contribution in [2.45, 2.75) is 18.9 Å². The highest BCUT2D eigenvalue weighted by molar-refractivity contribution is 6.31. The van der Waals surface area contributed by atoms with Crippen molar-refractivity contribution in [2.24, 2.45) is 0 Å². The second-order valence-electron chi connectivity index (χ2n) is 5.67. The van der Waals surface area contributed by atoms with Crippen LogP contribution in [0.25, 0.3) is 0 Å². The van der Waals surface area contributed by atoms with Gasteiger partial charge in [-0.25, -0.2) is 13.6 Å². The Balaban J connectivity index is 1.88. The normalized spacial score (nSPS) is 15.3. The summed E-state index contributed by atoms with van der Waals surface area (Å²) in [4.78, 5) is 23.9. The predicted octanol–water partition coefficient (Wildman–Crippen LogP) is 4.64. The molecule has 0 unspecified atom stereocenters. The first kappa shape index (κ1) is 18.1. The minimum atomic E-state index is -0.918. The van der Waals surface area contributed by atoms with Crippen molar-refractivity contribution >= 4 is 29.4 Å². The van der Waals surface area contributed by atoms with Crippen molar-refractivity contribution < 1.29 is 27.8 Å². The summed E-state index contributed by atoms with van der Waals surface area (Å²) < 4.78 is 37.0. The Morgan fingerprint density at radius 2 is 1.92 bits per heavy atom. The second kappa shape index (κ2) is 7.29. The fourth-order valence-electron chi connectivity index (χ4n) is 2.94. The standard InChI is InChI=1S/C18H14ClF2NO4/c1-25-18(24)26-15-7-4-10-11(3-6-14(21)16(10)15)17(23)22-9-2-5-13(20)12(19)8-9/h2-3,5-6,8,15H,4,7H2,1H3,(H,22,23)/t15-/m0/s1. The van der Waals surface area contributed by atoms with Crippen LogP contribution in [0.3, 0.4) is 0 Å². The maximum atomic E-state index is 14.2. The third-order valence-electron chi connectivity index (χ3n) is 4.11. The number of hydrogen-bond acceptors (Lipinski definition) is 4. The van der Waals surface area contributed by atoms with Crippen molar-refractivity contribution in [3.05, 3.63) is 63.7 Å². The summed E-state index contributed by atoms with van der Waals surface area (Å²) in [6.45, 7) is 0. The molecular formula is C18H14ClF2NO4. The quantitative estimate of drug-likeness (QED) is 0.786. The van der Waals surface area contributed by atoms with Gasteiger partial charge >= 0.3 is 6.16 Å². The van der Waals surface area contributed by atoms with E-state index < -0.39 is 29.8 Å². The Morgan fingerprint density at radius 3 is 2.62 bits per heavy atom. The topological polar surface area (TPSA) is 64.6 Å². The number of anilines is 1. The zero-order valence-corrected chi connectivity index (χ0v) is 14.4. The molecular weight excluding hydrogens is 368 g/mol. The van der Waals surface area contributed by atoms with Crippen LogP contribution >= 0.6 is 11.6 Å². The third kappa shape index (κ3) is 3.48. The molecule has 0 aromatic heterocycles. The summed E-state index contributed by atoms with van der Waals surface area (Å²) in [6, 6.07) is 6.28. The van der Waals surface area contributed by atoms with Crippen LogP contribution in [-0.2, 0) is 15.9 Å². The van der Waals surface area contributed by atoms with E-state index in [9.17, 15) is 18.4 Å². The van der Waals surface area contributed by atoms with E-state index in [2.05, 4.69) is 10.1 Å². The lowest BCUT2D eigenvalue weighted by Crippen LogP contribution is -2.15. The number of carbonyl (C=O) groups excluding carboxylic acids is 2. The van der Waals surface area contributed by atoms with E-state index in [1.165, 1.54) is 18.2 Å². The minimum absolute atomic E-state index is 0.126. The molecule has 1 aliphatic rings. The highest BCUT2D eigenvalue weighted by atomic mass is 35.5. The lowest BCUT2D eigenvalue weighted by Gasteiger charge is -2.14. The van der Waals surface area contributed by atoms with Crippen molar-refractivity contribution in [3.63, 3.8) is 0 Å². The molecule has 0 fully saturated rings.